The summed E-state index contributed by atoms with van der Waals surface area (Å²) in [6.45, 7) is 13.7. The molecule has 0 aliphatic carbocycles. The lowest BCUT2D eigenvalue weighted by Crippen LogP contribution is -2.60. The second-order valence-corrected chi connectivity index (χ2v) is 9.55. The molecule has 1 aliphatic rings. The smallest absolute Gasteiger partial charge is 0.251 e. The Balaban J connectivity index is 2.14. The third-order valence-corrected chi connectivity index (χ3v) is 5.58. The number of ether oxygens (including phenoxy) is 1. The van der Waals surface area contributed by atoms with Crippen molar-refractivity contribution in [1.29, 1.82) is 0 Å². The molecule has 1 aromatic rings. The summed E-state index contributed by atoms with van der Waals surface area (Å²) in [6, 6.07) is 6.69. The van der Waals surface area contributed by atoms with Gasteiger partial charge in [-0.3, -0.25) is 14.4 Å². The van der Waals surface area contributed by atoms with Crippen molar-refractivity contribution in [3.63, 3.8) is 0 Å². The first kappa shape index (κ1) is 23.1. The molecular weight excluding hydrogens is 368 g/mol. The van der Waals surface area contributed by atoms with Crippen LogP contribution < -0.4 is 10.6 Å². The van der Waals surface area contributed by atoms with Crippen LogP contribution >= 0.6 is 0 Å². The van der Waals surface area contributed by atoms with Crippen LogP contribution in [0.5, 0.6) is 0 Å². The Morgan fingerprint density at radius 2 is 1.79 bits per heavy atom. The third-order valence-electron chi connectivity index (χ3n) is 5.58. The zero-order chi connectivity index (χ0) is 22.0. The molecule has 6 heteroatoms. The van der Waals surface area contributed by atoms with E-state index in [2.05, 4.69) is 31.4 Å². The highest BCUT2D eigenvalue weighted by atomic mass is 16.5. The number of nitrogens with one attached hydrogen (secondary N) is 2. The van der Waals surface area contributed by atoms with E-state index < -0.39 is 17.7 Å². The number of hydrogen-bond acceptors (Lipinski definition) is 4. The molecule has 29 heavy (non-hydrogen) atoms. The van der Waals surface area contributed by atoms with Crippen molar-refractivity contribution in [2.45, 2.75) is 78.0 Å². The third kappa shape index (κ3) is 5.44. The van der Waals surface area contributed by atoms with Gasteiger partial charge in [-0.05, 0) is 49.3 Å². The lowest BCUT2D eigenvalue weighted by atomic mass is 9.86. The minimum Gasteiger partial charge on any atom is -0.368 e. The lowest BCUT2D eigenvalue weighted by molar-refractivity contribution is -0.130. The van der Waals surface area contributed by atoms with Crippen LogP contribution in [0.25, 0.3) is 0 Å². The first-order chi connectivity index (χ1) is 13.3. The number of benzene rings is 1. The van der Waals surface area contributed by atoms with Gasteiger partial charge >= 0.3 is 0 Å². The molecule has 2 N–H and O–H groups in total. The van der Waals surface area contributed by atoms with Gasteiger partial charge in [-0.25, -0.2) is 0 Å². The van der Waals surface area contributed by atoms with Gasteiger partial charge in [-0.2, -0.15) is 0 Å². The lowest BCUT2D eigenvalue weighted by Gasteiger charge is -2.30. The minimum absolute atomic E-state index is 0.00288. The van der Waals surface area contributed by atoms with E-state index in [1.54, 1.807) is 26.0 Å². The van der Waals surface area contributed by atoms with Crippen molar-refractivity contribution >= 4 is 17.6 Å². The zero-order valence-corrected chi connectivity index (χ0v) is 18.6. The standard InChI is InChI=1S/C23H34N2O4/c1-14(2)12-18(21(28)25-23(7)15(3)29-13-19(23)26)24-20(27)16-8-10-17(11-9-16)22(4,5)6/h8-11,14-15,18H,12-13H2,1-7H3,(H,24,27)(H,25,28)/t15-,18-,23-/m1/s1. The van der Waals surface area contributed by atoms with E-state index in [9.17, 15) is 14.4 Å². The highest BCUT2D eigenvalue weighted by Crippen LogP contribution is 2.23. The average molecular weight is 403 g/mol. The van der Waals surface area contributed by atoms with E-state index in [1.165, 1.54) is 0 Å². The number of amides is 2. The predicted molar refractivity (Wildman–Crippen MR) is 113 cm³/mol. The molecule has 1 fully saturated rings. The van der Waals surface area contributed by atoms with Gasteiger partial charge in [-0.1, -0.05) is 46.8 Å². The summed E-state index contributed by atoms with van der Waals surface area (Å²) in [5.74, 6) is -0.647. The number of ketones is 1. The quantitative estimate of drug-likeness (QED) is 0.766. The Hall–Kier alpha value is -2.21. The molecule has 160 valence electrons. The van der Waals surface area contributed by atoms with Crippen molar-refractivity contribution in [3.8, 4) is 0 Å². The summed E-state index contributed by atoms with van der Waals surface area (Å²) in [7, 11) is 0. The van der Waals surface area contributed by atoms with Crippen molar-refractivity contribution in [3.05, 3.63) is 35.4 Å². The van der Waals surface area contributed by atoms with Gasteiger partial charge in [0.2, 0.25) is 5.91 Å². The zero-order valence-electron chi connectivity index (χ0n) is 18.6. The molecule has 0 unspecified atom stereocenters. The van der Waals surface area contributed by atoms with E-state index in [0.717, 1.165) is 5.56 Å². The maximum atomic E-state index is 12.9. The molecule has 1 aliphatic heterocycles. The molecule has 0 spiro atoms. The first-order valence-electron chi connectivity index (χ1n) is 10.2. The Morgan fingerprint density at radius 3 is 2.24 bits per heavy atom. The van der Waals surface area contributed by atoms with E-state index in [1.807, 2.05) is 26.0 Å². The van der Waals surface area contributed by atoms with E-state index >= 15 is 0 Å². The van der Waals surface area contributed by atoms with Gasteiger partial charge < -0.3 is 15.4 Å². The van der Waals surface area contributed by atoms with Gasteiger partial charge in [0, 0.05) is 5.56 Å². The number of rotatable bonds is 6. The molecular formula is C23H34N2O4. The molecule has 3 atom stereocenters. The molecule has 1 aromatic carbocycles. The van der Waals surface area contributed by atoms with Crippen LogP contribution in [0.4, 0.5) is 0 Å². The van der Waals surface area contributed by atoms with Gasteiger partial charge in [0.1, 0.15) is 18.2 Å². The average Bonchev–Trinajstić information content (AvgIpc) is 2.87. The first-order valence-corrected chi connectivity index (χ1v) is 10.2. The summed E-state index contributed by atoms with van der Waals surface area (Å²) in [6.07, 6.45) is 0.0521. The number of hydrogen-bond donors (Lipinski definition) is 2. The molecule has 0 bridgehead atoms. The van der Waals surface area contributed by atoms with E-state index in [-0.39, 0.29) is 35.5 Å². The Kier molecular flexibility index (Phi) is 6.89. The second-order valence-electron chi connectivity index (χ2n) is 9.55. The van der Waals surface area contributed by atoms with Crippen LogP contribution in [0.2, 0.25) is 0 Å². The topological polar surface area (TPSA) is 84.5 Å². The SMILES string of the molecule is CC(C)C[C@@H](NC(=O)c1ccc(C(C)(C)C)cc1)C(=O)N[C@@]1(C)C(=O)CO[C@@H]1C. The van der Waals surface area contributed by atoms with Gasteiger partial charge in [0.05, 0.1) is 6.10 Å². The maximum absolute atomic E-state index is 12.9. The number of carbonyl (C=O) groups is 3. The fraction of sp³-hybridized carbons (Fsp3) is 0.609. The predicted octanol–water partition coefficient (Wildman–Crippen LogP) is 2.99. The van der Waals surface area contributed by atoms with Crippen LogP contribution in [-0.4, -0.2) is 41.9 Å². The highest BCUT2D eigenvalue weighted by molar-refractivity contribution is 6.00. The maximum Gasteiger partial charge on any atom is 0.251 e. The Labute approximate surface area is 173 Å². The molecule has 6 nitrogen and oxygen atoms in total. The monoisotopic (exact) mass is 402 g/mol. The van der Waals surface area contributed by atoms with Crippen LogP contribution in [-0.2, 0) is 19.7 Å². The molecule has 1 saturated heterocycles. The molecule has 1 heterocycles. The fourth-order valence-electron chi connectivity index (χ4n) is 3.32. The number of Topliss-reactive ketones (excluding diaryl/α,β-unsaturated/α-hetero) is 1. The summed E-state index contributed by atoms with van der Waals surface area (Å²) in [5, 5.41) is 5.66. The summed E-state index contributed by atoms with van der Waals surface area (Å²) in [4.78, 5) is 37.9. The van der Waals surface area contributed by atoms with Crippen molar-refractivity contribution in [2.24, 2.45) is 5.92 Å². The van der Waals surface area contributed by atoms with Crippen molar-refractivity contribution < 1.29 is 19.1 Å². The highest BCUT2D eigenvalue weighted by Gasteiger charge is 2.47. The Bertz CT molecular complexity index is 764. The fourth-order valence-corrected chi connectivity index (χ4v) is 3.32. The Morgan fingerprint density at radius 1 is 1.21 bits per heavy atom. The molecule has 2 amide bonds. The second kappa shape index (κ2) is 8.66. The van der Waals surface area contributed by atoms with Crippen LogP contribution in [0.15, 0.2) is 24.3 Å². The molecule has 2 rings (SSSR count). The van der Waals surface area contributed by atoms with Gasteiger partial charge in [0.15, 0.2) is 5.78 Å². The van der Waals surface area contributed by atoms with Crippen LogP contribution in [0.3, 0.4) is 0 Å². The largest absolute Gasteiger partial charge is 0.368 e. The van der Waals surface area contributed by atoms with Gasteiger partial charge in [0.25, 0.3) is 5.91 Å². The molecule has 0 radical (unpaired) electrons. The normalized spacial score (nSPS) is 23.2. The summed E-state index contributed by atoms with van der Waals surface area (Å²) >= 11 is 0. The van der Waals surface area contributed by atoms with E-state index in [0.29, 0.717) is 12.0 Å². The van der Waals surface area contributed by atoms with Gasteiger partial charge in [-0.15, -0.1) is 0 Å². The minimum atomic E-state index is -1.08. The molecule has 0 saturated carbocycles. The van der Waals surface area contributed by atoms with E-state index in [4.69, 9.17) is 4.74 Å². The van der Waals surface area contributed by atoms with Crippen molar-refractivity contribution in [2.75, 3.05) is 6.61 Å². The van der Waals surface area contributed by atoms with Crippen LogP contribution in [0.1, 0.15) is 70.8 Å². The summed E-state index contributed by atoms with van der Waals surface area (Å²) in [5.41, 5.74) is 0.550. The summed E-state index contributed by atoms with van der Waals surface area (Å²) < 4.78 is 5.38. The number of carbonyl (C=O) groups excluding carboxylic acids is 3. The van der Waals surface area contributed by atoms with Crippen molar-refractivity contribution in [1.82, 2.24) is 10.6 Å². The van der Waals surface area contributed by atoms with Crippen LogP contribution in [0, 0.1) is 5.92 Å². The molecule has 0 aromatic heterocycles.